The van der Waals surface area contributed by atoms with Crippen LogP contribution in [0.25, 0.3) is 0 Å². The molecular formula is C15H16N2O5. The van der Waals surface area contributed by atoms with Crippen molar-refractivity contribution < 1.29 is 19.6 Å². The van der Waals surface area contributed by atoms with E-state index in [0.717, 1.165) is 0 Å². The highest BCUT2D eigenvalue weighted by molar-refractivity contribution is 5.84. The van der Waals surface area contributed by atoms with E-state index in [1.54, 1.807) is 6.07 Å². The Morgan fingerprint density at radius 1 is 1.45 bits per heavy atom. The molecule has 22 heavy (non-hydrogen) atoms. The van der Waals surface area contributed by atoms with Crippen LogP contribution in [0.2, 0.25) is 0 Å². The SMILES string of the molecule is C#CCCC[C@@H](NC(=O)Cc1cccc([N+](=O)[O-])c1)C(=O)O. The molecule has 1 amide bonds. The van der Waals surface area contributed by atoms with Gasteiger partial charge in [-0.3, -0.25) is 14.9 Å². The van der Waals surface area contributed by atoms with Gasteiger partial charge >= 0.3 is 5.97 Å². The standard InChI is InChI=1S/C15H16N2O5/c1-2-3-4-8-13(15(19)20)16-14(18)10-11-6-5-7-12(9-11)17(21)22/h1,5-7,9,13H,3-4,8,10H2,(H,16,18)(H,19,20)/t13-/m1/s1. The zero-order chi connectivity index (χ0) is 16.5. The second-order valence-corrected chi connectivity index (χ2v) is 4.66. The normalized spacial score (nSPS) is 11.2. The molecule has 1 rings (SSSR count). The highest BCUT2D eigenvalue weighted by Crippen LogP contribution is 2.13. The third-order valence-electron chi connectivity index (χ3n) is 2.93. The number of hydrogen-bond acceptors (Lipinski definition) is 4. The van der Waals surface area contributed by atoms with E-state index in [-0.39, 0.29) is 18.5 Å². The third kappa shape index (κ3) is 5.63. The number of amides is 1. The number of unbranched alkanes of at least 4 members (excludes halogenated alkanes) is 1. The van der Waals surface area contributed by atoms with Gasteiger partial charge in [-0.2, -0.15) is 0 Å². The van der Waals surface area contributed by atoms with Crippen LogP contribution in [0.5, 0.6) is 0 Å². The molecule has 1 atom stereocenters. The summed E-state index contributed by atoms with van der Waals surface area (Å²) >= 11 is 0. The van der Waals surface area contributed by atoms with Gasteiger partial charge in [0.05, 0.1) is 11.3 Å². The van der Waals surface area contributed by atoms with Gasteiger partial charge in [0.15, 0.2) is 0 Å². The number of carboxylic acids is 1. The van der Waals surface area contributed by atoms with Crippen LogP contribution in [0.4, 0.5) is 5.69 Å². The molecule has 0 bridgehead atoms. The second-order valence-electron chi connectivity index (χ2n) is 4.66. The first-order valence-electron chi connectivity index (χ1n) is 6.63. The molecule has 0 aliphatic carbocycles. The smallest absolute Gasteiger partial charge is 0.326 e. The molecule has 1 aromatic carbocycles. The molecular weight excluding hydrogens is 288 g/mol. The van der Waals surface area contributed by atoms with Crippen LogP contribution in [-0.2, 0) is 16.0 Å². The molecule has 0 fully saturated rings. The summed E-state index contributed by atoms with van der Waals surface area (Å²) < 4.78 is 0. The number of terminal acetylenes is 1. The minimum Gasteiger partial charge on any atom is -0.480 e. The Morgan fingerprint density at radius 3 is 2.77 bits per heavy atom. The summed E-state index contributed by atoms with van der Waals surface area (Å²) in [7, 11) is 0. The van der Waals surface area contributed by atoms with Crippen molar-refractivity contribution in [1.82, 2.24) is 5.32 Å². The molecule has 0 aromatic heterocycles. The molecule has 0 saturated carbocycles. The van der Waals surface area contributed by atoms with Crippen LogP contribution in [0.15, 0.2) is 24.3 Å². The van der Waals surface area contributed by atoms with E-state index in [9.17, 15) is 19.7 Å². The van der Waals surface area contributed by atoms with Crippen molar-refractivity contribution in [2.45, 2.75) is 31.7 Å². The number of aliphatic carboxylic acids is 1. The van der Waals surface area contributed by atoms with Gasteiger partial charge in [-0.25, -0.2) is 4.79 Å². The van der Waals surface area contributed by atoms with Gasteiger partial charge in [0, 0.05) is 18.6 Å². The molecule has 7 heteroatoms. The van der Waals surface area contributed by atoms with Crippen molar-refractivity contribution >= 4 is 17.6 Å². The first-order valence-corrected chi connectivity index (χ1v) is 6.63. The molecule has 0 unspecified atom stereocenters. The van der Waals surface area contributed by atoms with Crippen molar-refractivity contribution in [3.63, 3.8) is 0 Å². The lowest BCUT2D eigenvalue weighted by molar-refractivity contribution is -0.384. The average Bonchev–Trinajstić information content (AvgIpc) is 2.46. The Hall–Kier alpha value is -2.88. The number of rotatable bonds is 8. The van der Waals surface area contributed by atoms with Crippen LogP contribution in [0, 0.1) is 22.5 Å². The first-order chi connectivity index (χ1) is 10.4. The molecule has 2 N–H and O–H groups in total. The van der Waals surface area contributed by atoms with Gasteiger partial charge in [-0.1, -0.05) is 12.1 Å². The van der Waals surface area contributed by atoms with Crippen molar-refractivity contribution in [3.8, 4) is 12.3 Å². The number of carbonyl (C=O) groups is 2. The summed E-state index contributed by atoms with van der Waals surface area (Å²) in [5.74, 6) is 0.762. The topological polar surface area (TPSA) is 110 Å². The van der Waals surface area contributed by atoms with Crippen LogP contribution < -0.4 is 5.32 Å². The number of hydrogen-bond donors (Lipinski definition) is 2. The third-order valence-corrected chi connectivity index (χ3v) is 2.93. The van der Waals surface area contributed by atoms with Crippen LogP contribution >= 0.6 is 0 Å². The van der Waals surface area contributed by atoms with E-state index in [1.165, 1.54) is 18.2 Å². The Balaban J connectivity index is 2.63. The molecule has 0 aliphatic heterocycles. The number of nitro groups is 1. The minimum atomic E-state index is -1.13. The Bertz CT molecular complexity index is 606. The van der Waals surface area contributed by atoms with Crippen LogP contribution in [0.1, 0.15) is 24.8 Å². The first kappa shape index (κ1) is 17.2. The number of carboxylic acid groups (broad SMARTS) is 1. The monoisotopic (exact) mass is 304 g/mol. The van der Waals surface area contributed by atoms with Crippen LogP contribution in [0.3, 0.4) is 0 Å². The van der Waals surface area contributed by atoms with Gasteiger partial charge in [0.1, 0.15) is 6.04 Å². The van der Waals surface area contributed by atoms with E-state index in [0.29, 0.717) is 18.4 Å². The van der Waals surface area contributed by atoms with Gasteiger partial charge in [0.2, 0.25) is 5.91 Å². The number of nitro benzene ring substituents is 1. The molecule has 0 saturated heterocycles. The zero-order valence-corrected chi connectivity index (χ0v) is 11.8. The minimum absolute atomic E-state index is 0.117. The fraction of sp³-hybridized carbons (Fsp3) is 0.333. The summed E-state index contributed by atoms with van der Waals surface area (Å²) in [4.78, 5) is 33.0. The Kier molecular flexibility index (Phi) is 6.57. The summed E-state index contributed by atoms with van der Waals surface area (Å²) in [6, 6.07) is 4.64. The predicted molar refractivity (Wildman–Crippen MR) is 79.1 cm³/mol. The molecule has 1 aromatic rings. The van der Waals surface area contributed by atoms with E-state index in [4.69, 9.17) is 11.5 Å². The van der Waals surface area contributed by atoms with Crippen molar-refractivity contribution in [2.24, 2.45) is 0 Å². The fourth-order valence-corrected chi connectivity index (χ4v) is 1.88. The Morgan fingerprint density at radius 2 is 2.18 bits per heavy atom. The van der Waals surface area contributed by atoms with E-state index >= 15 is 0 Å². The van der Waals surface area contributed by atoms with Crippen LogP contribution in [-0.4, -0.2) is 27.9 Å². The maximum Gasteiger partial charge on any atom is 0.326 e. The number of nitrogens with zero attached hydrogens (tertiary/aromatic N) is 1. The lowest BCUT2D eigenvalue weighted by atomic mass is 10.1. The molecule has 0 aliphatic rings. The van der Waals surface area contributed by atoms with E-state index in [2.05, 4.69) is 11.2 Å². The molecule has 0 spiro atoms. The largest absolute Gasteiger partial charge is 0.480 e. The molecule has 0 heterocycles. The number of non-ortho nitro benzene ring substituents is 1. The van der Waals surface area contributed by atoms with Gasteiger partial charge < -0.3 is 10.4 Å². The highest BCUT2D eigenvalue weighted by Gasteiger charge is 2.19. The fourth-order valence-electron chi connectivity index (χ4n) is 1.88. The number of nitrogens with one attached hydrogen (secondary N) is 1. The maximum absolute atomic E-state index is 11.9. The quantitative estimate of drug-likeness (QED) is 0.327. The van der Waals surface area contributed by atoms with Gasteiger partial charge in [-0.15, -0.1) is 12.3 Å². The van der Waals surface area contributed by atoms with Crippen molar-refractivity contribution in [2.75, 3.05) is 0 Å². The summed E-state index contributed by atoms with van der Waals surface area (Å²) in [5, 5.41) is 22.1. The van der Waals surface area contributed by atoms with Crippen molar-refractivity contribution in [3.05, 3.63) is 39.9 Å². The van der Waals surface area contributed by atoms with Gasteiger partial charge in [0.25, 0.3) is 5.69 Å². The number of carbonyl (C=O) groups excluding carboxylic acids is 1. The van der Waals surface area contributed by atoms with Gasteiger partial charge in [-0.05, 0) is 18.4 Å². The summed E-state index contributed by atoms with van der Waals surface area (Å²) in [6.45, 7) is 0. The maximum atomic E-state index is 11.9. The Labute approximate surface area is 127 Å². The molecule has 116 valence electrons. The lowest BCUT2D eigenvalue weighted by Crippen LogP contribution is -2.41. The second kappa shape index (κ2) is 8.42. The zero-order valence-electron chi connectivity index (χ0n) is 11.8. The van der Waals surface area contributed by atoms with E-state index < -0.39 is 22.8 Å². The predicted octanol–water partition coefficient (Wildman–Crippen LogP) is 1.51. The lowest BCUT2D eigenvalue weighted by Gasteiger charge is -2.13. The highest BCUT2D eigenvalue weighted by atomic mass is 16.6. The number of benzene rings is 1. The summed E-state index contributed by atoms with van der Waals surface area (Å²) in [6.07, 6.45) is 6.13. The molecule has 0 radical (unpaired) electrons. The average molecular weight is 304 g/mol. The molecule has 7 nitrogen and oxygen atoms in total. The van der Waals surface area contributed by atoms with Crippen molar-refractivity contribution in [1.29, 1.82) is 0 Å². The summed E-state index contributed by atoms with van der Waals surface area (Å²) in [5.41, 5.74) is 0.327. The van der Waals surface area contributed by atoms with E-state index in [1.807, 2.05) is 0 Å².